The number of nitrogens with one attached hydrogen (secondary N) is 3. The molecule has 0 spiro atoms. The van der Waals surface area contributed by atoms with Gasteiger partial charge in [0.15, 0.2) is 0 Å². The minimum atomic E-state index is 0.0330. The third kappa shape index (κ3) is 3.37. The fourth-order valence-electron chi connectivity index (χ4n) is 2.57. The summed E-state index contributed by atoms with van der Waals surface area (Å²) >= 11 is 0. The van der Waals surface area contributed by atoms with Crippen LogP contribution < -0.4 is 10.6 Å². The van der Waals surface area contributed by atoms with Gasteiger partial charge in [-0.2, -0.15) is 5.10 Å². The summed E-state index contributed by atoms with van der Waals surface area (Å²) in [5.41, 5.74) is 2.76. The molecule has 1 saturated heterocycles. The Morgan fingerprint density at radius 1 is 1.40 bits per heavy atom. The van der Waals surface area contributed by atoms with Crippen molar-refractivity contribution in [1.82, 2.24) is 20.4 Å². The molecule has 0 saturated carbocycles. The van der Waals surface area contributed by atoms with E-state index >= 15 is 0 Å². The summed E-state index contributed by atoms with van der Waals surface area (Å²) in [6, 6.07) is 0. The molecule has 1 aliphatic heterocycles. The van der Waals surface area contributed by atoms with Gasteiger partial charge >= 0.3 is 0 Å². The summed E-state index contributed by atoms with van der Waals surface area (Å²) in [4.78, 5) is 14.3. The Labute approximate surface area is 120 Å². The highest BCUT2D eigenvalue weighted by atomic mass is 16.2. The lowest BCUT2D eigenvalue weighted by atomic mass is 9.90. The van der Waals surface area contributed by atoms with Crippen LogP contribution in [0.5, 0.6) is 0 Å². The second-order valence-electron chi connectivity index (χ2n) is 5.94. The molecule has 6 nitrogen and oxygen atoms in total. The van der Waals surface area contributed by atoms with E-state index in [1.54, 1.807) is 0 Å². The van der Waals surface area contributed by atoms with Gasteiger partial charge in [-0.3, -0.25) is 14.8 Å². The van der Waals surface area contributed by atoms with Gasteiger partial charge in [-0.25, -0.2) is 0 Å². The Morgan fingerprint density at radius 3 is 2.55 bits per heavy atom. The predicted molar refractivity (Wildman–Crippen MR) is 79.8 cm³/mol. The lowest BCUT2D eigenvalue weighted by molar-refractivity contribution is -0.117. The van der Waals surface area contributed by atoms with E-state index in [0.29, 0.717) is 6.54 Å². The van der Waals surface area contributed by atoms with Crippen LogP contribution in [-0.4, -0.2) is 53.2 Å². The van der Waals surface area contributed by atoms with Gasteiger partial charge in [0.1, 0.15) is 0 Å². The van der Waals surface area contributed by atoms with E-state index in [1.807, 2.05) is 20.9 Å². The molecule has 0 bridgehead atoms. The normalized spacial score (nSPS) is 19.0. The average molecular weight is 279 g/mol. The molecule has 2 rings (SSSR count). The maximum Gasteiger partial charge on any atom is 0.238 e. The smallest absolute Gasteiger partial charge is 0.238 e. The van der Waals surface area contributed by atoms with E-state index in [0.717, 1.165) is 43.0 Å². The van der Waals surface area contributed by atoms with Crippen molar-refractivity contribution in [3.05, 3.63) is 11.4 Å². The molecule has 20 heavy (non-hydrogen) atoms. The van der Waals surface area contributed by atoms with Crippen molar-refractivity contribution in [2.24, 2.45) is 0 Å². The van der Waals surface area contributed by atoms with Crippen molar-refractivity contribution in [3.8, 4) is 0 Å². The molecule has 1 aromatic rings. The molecule has 1 fully saturated rings. The first-order valence-electron chi connectivity index (χ1n) is 7.16. The highest BCUT2D eigenvalue weighted by Gasteiger charge is 2.28. The van der Waals surface area contributed by atoms with Gasteiger partial charge < -0.3 is 10.6 Å². The number of likely N-dealkylation sites (tertiary alicyclic amines) is 1. The van der Waals surface area contributed by atoms with Gasteiger partial charge in [0.05, 0.1) is 23.6 Å². The number of rotatable bonds is 4. The molecule has 112 valence electrons. The predicted octanol–water partition coefficient (Wildman–Crippen LogP) is 1.04. The molecule has 0 radical (unpaired) electrons. The molecule has 0 unspecified atom stereocenters. The van der Waals surface area contributed by atoms with Crippen LogP contribution >= 0.6 is 0 Å². The first kappa shape index (κ1) is 15.0. The second-order valence-corrected chi connectivity index (χ2v) is 5.94. The molecule has 1 amide bonds. The average Bonchev–Trinajstić information content (AvgIpc) is 2.73. The SMILES string of the molecule is CNC1(C)CCN(CC(=O)Nc2c(C)n[nH]c2C)CC1. The maximum atomic E-state index is 12.1. The van der Waals surface area contributed by atoms with E-state index in [1.165, 1.54) is 0 Å². The summed E-state index contributed by atoms with van der Waals surface area (Å²) in [6.45, 7) is 8.39. The highest BCUT2D eigenvalue weighted by molar-refractivity contribution is 5.93. The number of aryl methyl sites for hydroxylation is 2. The standard InChI is InChI=1S/C14H25N5O/c1-10-13(11(2)18-17-10)16-12(20)9-19-7-5-14(3,15-4)6-8-19/h15H,5-9H2,1-4H3,(H,16,20)(H,17,18). The summed E-state index contributed by atoms with van der Waals surface area (Å²) in [5, 5.41) is 13.3. The summed E-state index contributed by atoms with van der Waals surface area (Å²) < 4.78 is 0. The first-order chi connectivity index (χ1) is 9.43. The zero-order chi connectivity index (χ0) is 14.8. The molecule has 1 aromatic heterocycles. The fourth-order valence-corrected chi connectivity index (χ4v) is 2.57. The Kier molecular flexibility index (Phi) is 4.45. The molecule has 3 N–H and O–H groups in total. The second kappa shape index (κ2) is 5.93. The van der Waals surface area contributed by atoms with Gasteiger partial charge in [0.2, 0.25) is 5.91 Å². The van der Waals surface area contributed by atoms with Crippen LogP contribution in [-0.2, 0) is 4.79 Å². The Hall–Kier alpha value is -1.40. The molecular formula is C14H25N5O. The first-order valence-corrected chi connectivity index (χ1v) is 7.16. The lowest BCUT2D eigenvalue weighted by Crippen LogP contribution is -2.51. The molecule has 0 atom stereocenters. The van der Waals surface area contributed by atoms with Gasteiger partial charge in [0, 0.05) is 18.6 Å². The van der Waals surface area contributed by atoms with Crippen LogP contribution in [0.2, 0.25) is 0 Å². The van der Waals surface area contributed by atoms with Gasteiger partial charge in [-0.05, 0) is 40.7 Å². The van der Waals surface area contributed by atoms with Crippen LogP contribution in [0, 0.1) is 13.8 Å². The number of hydrogen-bond donors (Lipinski definition) is 3. The summed E-state index contributed by atoms with van der Waals surface area (Å²) in [6.07, 6.45) is 2.14. The molecular weight excluding hydrogens is 254 g/mol. The van der Waals surface area contributed by atoms with E-state index in [-0.39, 0.29) is 11.4 Å². The Balaban J connectivity index is 1.84. The number of H-pyrrole nitrogens is 1. The van der Waals surface area contributed by atoms with E-state index in [4.69, 9.17) is 0 Å². The van der Waals surface area contributed by atoms with Crippen LogP contribution in [0.1, 0.15) is 31.2 Å². The molecule has 6 heteroatoms. The zero-order valence-electron chi connectivity index (χ0n) is 12.8. The molecule has 1 aliphatic rings. The fraction of sp³-hybridized carbons (Fsp3) is 0.714. The van der Waals surface area contributed by atoms with Crippen LogP contribution in [0.4, 0.5) is 5.69 Å². The van der Waals surface area contributed by atoms with Gasteiger partial charge in [0.25, 0.3) is 0 Å². The van der Waals surface area contributed by atoms with Crippen molar-refractivity contribution in [2.45, 2.75) is 39.2 Å². The lowest BCUT2D eigenvalue weighted by Gasteiger charge is -2.39. The van der Waals surface area contributed by atoms with Crippen LogP contribution in [0.3, 0.4) is 0 Å². The number of aromatic nitrogens is 2. The maximum absolute atomic E-state index is 12.1. The van der Waals surface area contributed by atoms with Gasteiger partial charge in [-0.15, -0.1) is 0 Å². The number of hydrogen-bond acceptors (Lipinski definition) is 4. The van der Waals surface area contributed by atoms with Crippen molar-refractivity contribution < 1.29 is 4.79 Å². The van der Waals surface area contributed by atoms with Crippen molar-refractivity contribution in [1.29, 1.82) is 0 Å². The minimum absolute atomic E-state index is 0.0330. The minimum Gasteiger partial charge on any atom is -0.322 e. The number of amides is 1. The third-order valence-electron chi connectivity index (χ3n) is 4.32. The Morgan fingerprint density at radius 2 is 2.05 bits per heavy atom. The van der Waals surface area contributed by atoms with E-state index in [2.05, 4.69) is 32.7 Å². The third-order valence-corrected chi connectivity index (χ3v) is 4.32. The quantitative estimate of drug-likeness (QED) is 0.770. The number of piperidine rings is 1. The van der Waals surface area contributed by atoms with Gasteiger partial charge in [-0.1, -0.05) is 0 Å². The van der Waals surface area contributed by atoms with Crippen molar-refractivity contribution in [2.75, 3.05) is 32.0 Å². The summed E-state index contributed by atoms with van der Waals surface area (Å²) in [7, 11) is 2.01. The van der Waals surface area contributed by atoms with E-state index in [9.17, 15) is 4.79 Å². The van der Waals surface area contributed by atoms with Crippen LogP contribution in [0.25, 0.3) is 0 Å². The number of aromatic amines is 1. The topological polar surface area (TPSA) is 73.1 Å². The number of carbonyl (C=O) groups excluding carboxylic acids is 1. The number of carbonyl (C=O) groups is 1. The van der Waals surface area contributed by atoms with Crippen LogP contribution in [0.15, 0.2) is 0 Å². The van der Waals surface area contributed by atoms with Crippen molar-refractivity contribution >= 4 is 11.6 Å². The largest absolute Gasteiger partial charge is 0.322 e. The number of nitrogens with zero attached hydrogens (tertiary/aromatic N) is 2. The monoisotopic (exact) mass is 279 g/mol. The van der Waals surface area contributed by atoms with Crippen molar-refractivity contribution in [3.63, 3.8) is 0 Å². The molecule has 0 aromatic carbocycles. The Bertz CT molecular complexity index is 454. The zero-order valence-corrected chi connectivity index (χ0v) is 12.8. The summed E-state index contributed by atoms with van der Waals surface area (Å²) in [5.74, 6) is 0.0330. The number of anilines is 1. The molecule has 0 aliphatic carbocycles. The highest BCUT2D eigenvalue weighted by Crippen LogP contribution is 2.21. The van der Waals surface area contributed by atoms with E-state index < -0.39 is 0 Å². The molecule has 2 heterocycles.